The van der Waals surface area contributed by atoms with Gasteiger partial charge in [0.05, 0.1) is 0 Å². The van der Waals surface area contributed by atoms with E-state index < -0.39 is 0 Å². The maximum absolute atomic E-state index is 5.54. The molecule has 0 aromatic heterocycles. The predicted octanol–water partition coefficient (Wildman–Crippen LogP) is 5.06. The number of hydrogen-bond acceptors (Lipinski definition) is 3. The van der Waals surface area contributed by atoms with E-state index in [2.05, 4.69) is 80.6 Å². The van der Waals surface area contributed by atoms with E-state index in [1.54, 1.807) is 0 Å². The van der Waals surface area contributed by atoms with Crippen LogP contribution >= 0.6 is 15.9 Å². The highest BCUT2D eigenvalue weighted by Crippen LogP contribution is 2.30. The molecule has 1 fully saturated rings. The van der Waals surface area contributed by atoms with Crippen molar-refractivity contribution in [3.8, 4) is 11.1 Å². The molecule has 0 bridgehead atoms. The van der Waals surface area contributed by atoms with Crippen LogP contribution in [0, 0.1) is 5.92 Å². The Morgan fingerprint density at radius 1 is 0.960 bits per heavy atom. The molecule has 1 atom stereocenters. The van der Waals surface area contributed by atoms with Crippen LogP contribution in [0.15, 0.2) is 59.8 Å². The SMILES string of the molecule is BrC1=NOC(C2CCN(Cc3ccc(-c4ccccc4)cc3)CC2)C1. The molecule has 130 valence electrons. The average molecular weight is 399 g/mol. The van der Waals surface area contributed by atoms with Crippen molar-refractivity contribution in [2.24, 2.45) is 11.1 Å². The van der Waals surface area contributed by atoms with Gasteiger partial charge in [-0.25, -0.2) is 0 Å². The smallest absolute Gasteiger partial charge is 0.136 e. The second-order valence-corrected chi connectivity index (χ2v) is 7.91. The Labute approximate surface area is 157 Å². The molecule has 0 radical (unpaired) electrons. The molecule has 0 amide bonds. The molecule has 4 heteroatoms. The minimum absolute atomic E-state index is 0.279. The summed E-state index contributed by atoms with van der Waals surface area (Å²) in [6.45, 7) is 3.32. The minimum Gasteiger partial charge on any atom is -0.391 e. The third kappa shape index (κ3) is 4.13. The molecule has 1 saturated heterocycles. The fraction of sp³-hybridized carbons (Fsp3) is 0.381. The molecule has 2 aromatic carbocycles. The molecular formula is C21H23BrN2O. The molecule has 25 heavy (non-hydrogen) atoms. The van der Waals surface area contributed by atoms with E-state index in [0.29, 0.717) is 5.92 Å². The van der Waals surface area contributed by atoms with Crippen LogP contribution in [0.3, 0.4) is 0 Å². The van der Waals surface area contributed by atoms with E-state index >= 15 is 0 Å². The molecule has 2 aliphatic rings. The number of halogens is 1. The highest BCUT2D eigenvalue weighted by Gasteiger charge is 2.31. The largest absolute Gasteiger partial charge is 0.391 e. The van der Waals surface area contributed by atoms with E-state index in [-0.39, 0.29) is 6.10 Å². The second kappa shape index (κ2) is 7.71. The van der Waals surface area contributed by atoms with Crippen LogP contribution in [-0.2, 0) is 11.4 Å². The second-order valence-electron chi connectivity index (χ2n) is 6.99. The summed E-state index contributed by atoms with van der Waals surface area (Å²) in [6, 6.07) is 19.6. The standard InChI is InChI=1S/C21H23BrN2O/c22-21-14-20(25-23-21)19-10-12-24(13-11-19)15-16-6-8-18(9-7-16)17-4-2-1-3-5-17/h1-9,19-20H,10-15H2. The normalized spacial score (nSPS) is 21.8. The highest BCUT2D eigenvalue weighted by atomic mass is 79.9. The maximum Gasteiger partial charge on any atom is 0.136 e. The number of hydrogen-bond donors (Lipinski definition) is 0. The summed E-state index contributed by atoms with van der Waals surface area (Å²) in [6.07, 6.45) is 3.61. The first kappa shape index (κ1) is 16.8. The first-order valence-corrected chi connectivity index (χ1v) is 9.82. The lowest BCUT2D eigenvalue weighted by atomic mass is 9.90. The van der Waals surface area contributed by atoms with Crippen molar-refractivity contribution in [3.05, 3.63) is 60.2 Å². The summed E-state index contributed by atoms with van der Waals surface area (Å²) >= 11 is 3.44. The number of rotatable bonds is 4. The molecule has 2 aromatic rings. The van der Waals surface area contributed by atoms with Crippen molar-refractivity contribution < 1.29 is 4.84 Å². The lowest BCUT2D eigenvalue weighted by Crippen LogP contribution is -2.37. The van der Waals surface area contributed by atoms with E-state index in [1.807, 2.05) is 0 Å². The lowest BCUT2D eigenvalue weighted by molar-refractivity contribution is 0.0127. The van der Waals surface area contributed by atoms with Gasteiger partial charge in [0.1, 0.15) is 10.7 Å². The zero-order chi connectivity index (χ0) is 17.1. The Hall–Kier alpha value is -1.65. The Morgan fingerprint density at radius 2 is 1.64 bits per heavy atom. The van der Waals surface area contributed by atoms with Crippen LogP contribution in [-0.4, -0.2) is 28.7 Å². The van der Waals surface area contributed by atoms with E-state index in [4.69, 9.17) is 4.84 Å². The monoisotopic (exact) mass is 398 g/mol. The topological polar surface area (TPSA) is 24.8 Å². The third-order valence-electron chi connectivity index (χ3n) is 5.28. The first-order chi connectivity index (χ1) is 12.3. The van der Waals surface area contributed by atoms with Gasteiger partial charge in [-0.1, -0.05) is 59.8 Å². The van der Waals surface area contributed by atoms with Crippen molar-refractivity contribution in [2.45, 2.75) is 31.9 Å². The molecule has 0 N–H and O–H groups in total. The minimum atomic E-state index is 0.279. The number of piperidine rings is 1. The highest BCUT2D eigenvalue weighted by molar-refractivity contribution is 9.18. The van der Waals surface area contributed by atoms with E-state index in [1.165, 1.54) is 29.5 Å². The number of benzene rings is 2. The van der Waals surface area contributed by atoms with Crippen LogP contribution in [0.2, 0.25) is 0 Å². The quantitative estimate of drug-likeness (QED) is 0.718. The zero-order valence-corrected chi connectivity index (χ0v) is 15.9. The molecule has 0 saturated carbocycles. The molecule has 3 nitrogen and oxygen atoms in total. The first-order valence-electron chi connectivity index (χ1n) is 9.03. The molecule has 2 aliphatic heterocycles. The van der Waals surface area contributed by atoms with Crippen LogP contribution < -0.4 is 0 Å². The number of oxime groups is 1. The van der Waals surface area contributed by atoms with Crippen molar-refractivity contribution >= 4 is 20.6 Å². The Kier molecular flexibility index (Phi) is 5.18. The number of likely N-dealkylation sites (tertiary alicyclic amines) is 1. The maximum atomic E-state index is 5.54. The van der Waals surface area contributed by atoms with Gasteiger partial charge in [0.15, 0.2) is 0 Å². The summed E-state index contributed by atoms with van der Waals surface area (Å²) in [7, 11) is 0. The van der Waals surface area contributed by atoms with Crippen LogP contribution in [0.4, 0.5) is 0 Å². The van der Waals surface area contributed by atoms with Crippen molar-refractivity contribution in [1.29, 1.82) is 0 Å². The van der Waals surface area contributed by atoms with Gasteiger partial charge in [-0.15, -0.1) is 0 Å². The Balaban J connectivity index is 1.30. The van der Waals surface area contributed by atoms with Gasteiger partial charge < -0.3 is 4.84 Å². The molecule has 1 unspecified atom stereocenters. The number of nitrogens with zero attached hydrogens (tertiary/aromatic N) is 2. The fourth-order valence-corrected chi connectivity index (χ4v) is 4.20. The van der Waals surface area contributed by atoms with Gasteiger partial charge in [0.2, 0.25) is 0 Å². The Morgan fingerprint density at radius 3 is 2.28 bits per heavy atom. The third-order valence-corrected chi connectivity index (χ3v) is 5.75. The van der Waals surface area contributed by atoms with Gasteiger partial charge in [0.25, 0.3) is 0 Å². The summed E-state index contributed by atoms with van der Waals surface area (Å²) in [4.78, 5) is 8.09. The summed E-state index contributed by atoms with van der Waals surface area (Å²) < 4.78 is 0.957. The fourth-order valence-electron chi connectivity index (χ4n) is 3.79. The predicted molar refractivity (Wildman–Crippen MR) is 106 cm³/mol. The van der Waals surface area contributed by atoms with E-state index in [9.17, 15) is 0 Å². The van der Waals surface area contributed by atoms with Crippen LogP contribution in [0.5, 0.6) is 0 Å². The van der Waals surface area contributed by atoms with Gasteiger partial charge in [-0.05, 0) is 58.6 Å². The van der Waals surface area contributed by atoms with Gasteiger partial charge in [-0.3, -0.25) is 4.90 Å². The molecule has 4 rings (SSSR count). The van der Waals surface area contributed by atoms with E-state index in [0.717, 1.165) is 30.7 Å². The summed E-state index contributed by atoms with van der Waals surface area (Å²) in [5.41, 5.74) is 3.95. The summed E-state index contributed by atoms with van der Waals surface area (Å²) in [5.74, 6) is 0.635. The van der Waals surface area contributed by atoms with Gasteiger partial charge >= 0.3 is 0 Å². The Bertz CT molecular complexity index is 721. The average Bonchev–Trinajstić information content (AvgIpc) is 3.10. The zero-order valence-electron chi connectivity index (χ0n) is 14.3. The summed E-state index contributed by atoms with van der Waals surface area (Å²) in [5, 5.41) is 4.03. The molecule has 0 aliphatic carbocycles. The molecule has 2 heterocycles. The lowest BCUT2D eigenvalue weighted by Gasteiger charge is -2.33. The van der Waals surface area contributed by atoms with Crippen molar-refractivity contribution in [3.63, 3.8) is 0 Å². The van der Waals surface area contributed by atoms with Gasteiger partial charge in [-0.2, -0.15) is 0 Å². The molecule has 0 spiro atoms. The van der Waals surface area contributed by atoms with Crippen molar-refractivity contribution in [2.75, 3.05) is 13.1 Å². The van der Waals surface area contributed by atoms with Gasteiger partial charge in [0, 0.05) is 18.9 Å². The van der Waals surface area contributed by atoms with Crippen LogP contribution in [0.25, 0.3) is 11.1 Å². The van der Waals surface area contributed by atoms with Crippen LogP contribution in [0.1, 0.15) is 24.8 Å². The molecular weight excluding hydrogens is 376 g/mol. The van der Waals surface area contributed by atoms with Crippen molar-refractivity contribution in [1.82, 2.24) is 4.90 Å².